The van der Waals surface area contributed by atoms with Crippen LogP contribution in [0.25, 0.3) is 32.3 Å². The zero-order valence-corrected chi connectivity index (χ0v) is 26.3. The summed E-state index contributed by atoms with van der Waals surface area (Å²) < 4.78 is 37.9. The van der Waals surface area contributed by atoms with Crippen LogP contribution < -0.4 is 18.9 Å². The van der Waals surface area contributed by atoms with Crippen LogP contribution >= 0.6 is 0 Å². The van der Waals surface area contributed by atoms with Gasteiger partial charge < -0.3 is 28.4 Å². The average molecular weight is 636 g/mol. The molecular formula is C41H33NO6. The number of hydrogen-bond donors (Lipinski definition) is 0. The Balaban J connectivity index is 1.22. The highest BCUT2D eigenvalue weighted by Crippen LogP contribution is 2.44. The van der Waals surface area contributed by atoms with Crippen molar-refractivity contribution in [3.63, 3.8) is 0 Å². The van der Waals surface area contributed by atoms with Gasteiger partial charge in [-0.1, -0.05) is 78.9 Å². The van der Waals surface area contributed by atoms with Crippen molar-refractivity contribution in [2.24, 2.45) is 0 Å². The van der Waals surface area contributed by atoms with Gasteiger partial charge in [0, 0.05) is 0 Å². The van der Waals surface area contributed by atoms with E-state index in [1.807, 2.05) is 91.0 Å². The van der Waals surface area contributed by atoms with Crippen molar-refractivity contribution in [2.75, 3.05) is 26.4 Å². The fraction of sp³-hybridized carbons (Fsp3) is 0.146. The Morgan fingerprint density at radius 3 is 1.06 bits per heavy atom. The molecule has 48 heavy (non-hydrogen) atoms. The van der Waals surface area contributed by atoms with Gasteiger partial charge in [-0.15, -0.1) is 0 Å². The summed E-state index contributed by atoms with van der Waals surface area (Å²) in [4.78, 5) is 4.69. The third-order valence-electron chi connectivity index (χ3n) is 8.21. The number of aromatic nitrogens is 1. The fourth-order valence-electron chi connectivity index (χ4n) is 5.84. The molecule has 7 heteroatoms. The molecule has 7 nitrogen and oxygen atoms in total. The molecule has 0 amide bonds. The third-order valence-corrected chi connectivity index (χ3v) is 8.21. The van der Waals surface area contributed by atoms with Crippen LogP contribution in [-0.2, 0) is 22.7 Å². The topological polar surface area (TPSA) is 68.3 Å². The van der Waals surface area contributed by atoms with Crippen molar-refractivity contribution in [3.05, 3.63) is 139 Å². The van der Waals surface area contributed by atoms with E-state index in [0.29, 0.717) is 74.1 Å². The second kappa shape index (κ2) is 13.6. The van der Waals surface area contributed by atoms with E-state index in [9.17, 15) is 0 Å². The summed E-state index contributed by atoms with van der Waals surface area (Å²) in [5, 5.41) is 6.19. The van der Waals surface area contributed by atoms with Gasteiger partial charge in [-0.05, 0) is 80.8 Å². The van der Waals surface area contributed by atoms with Gasteiger partial charge in [-0.25, -0.2) is 0 Å². The summed E-state index contributed by atoms with van der Waals surface area (Å²) >= 11 is 0. The van der Waals surface area contributed by atoms with Crippen LogP contribution in [0.1, 0.15) is 11.4 Å². The zero-order valence-electron chi connectivity index (χ0n) is 26.3. The van der Waals surface area contributed by atoms with Crippen molar-refractivity contribution in [1.82, 2.24) is 4.98 Å². The summed E-state index contributed by atoms with van der Waals surface area (Å²) in [6.45, 7) is 2.14. The summed E-state index contributed by atoms with van der Waals surface area (Å²) in [7, 11) is 0. The molecule has 0 aliphatic carbocycles. The monoisotopic (exact) mass is 635 g/mol. The molecule has 238 valence electrons. The van der Waals surface area contributed by atoms with Gasteiger partial charge in [-0.2, -0.15) is 0 Å². The second-order valence-corrected chi connectivity index (χ2v) is 11.6. The lowest BCUT2D eigenvalue weighted by Gasteiger charge is -2.19. The highest BCUT2D eigenvalue weighted by molar-refractivity contribution is 5.89. The van der Waals surface area contributed by atoms with Crippen LogP contribution in [-0.4, -0.2) is 31.4 Å². The quantitative estimate of drug-likeness (QED) is 0.164. The lowest BCUT2D eigenvalue weighted by molar-refractivity contribution is 0.0814. The Morgan fingerprint density at radius 2 is 0.688 bits per heavy atom. The summed E-state index contributed by atoms with van der Waals surface area (Å²) in [5.74, 6) is 3.44. The van der Waals surface area contributed by atoms with Crippen LogP contribution in [0.2, 0.25) is 0 Å². The van der Waals surface area contributed by atoms with E-state index < -0.39 is 0 Å². The molecular weight excluding hydrogens is 602 g/mol. The number of fused-ring (bicyclic) bond motifs is 8. The van der Waals surface area contributed by atoms with E-state index >= 15 is 0 Å². The Kier molecular flexibility index (Phi) is 8.44. The molecule has 0 saturated carbocycles. The first-order chi connectivity index (χ1) is 23.7. The van der Waals surface area contributed by atoms with E-state index in [1.54, 1.807) is 0 Å². The van der Waals surface area contributed by atoms with E-state index in [0.717, 1.165) is 43.7 Å². The highest BCUT2D eigenvalue weighted by atomic mass is 16.6. The predicted octanol–water partition coefficient (Wildman–Crippen LogP) is 9.63. The first-order valence-corrected chi connectivity index (χ1v) is 16.1. The molecule has 6 aromatic carbocycles. The molecule has 0 unspecified atom stereocenters. The van der Waals surface area contributed by atoms with Gasteiger partial charge in [0.15, 0.2) is 34.5 Å². The Hall–Kier alpha value is -5.63. The minimum atomic E-state index is 0.330. The molecule has 1 aliphatic rings. The van der Waals surface area contributed by atoms with Crippen molar-refractivity contribution < 1.29 is 28.4 Å². The lowest BCUT2D eigenvalue weighted by atomic mass is 10.1. The largest absolute Gasteiger partial charge is 0.487 e. The molecule has 1 aromatic heterocycles. The molecule has 0 spiro atoms. The van der Waals surface area contributed by atoms with E-state index in [4.69, 9.17) is 33.4 Å². The third kappa shape index (κ3) is 6.60. The smallest absolute Gasteiger partial charge is 0.170 e. The van der Waals surface area contributed by atoms with Gasteiger partial charge in [0.2, 0.25) is 0 Å². The predicted molar refractivity (Wildman–Crippen MR) is 187 cm³/mol. The molecule has 1 aliphatic heterocycles. The maximum atomic E-state index is 6.73. The first-order valence-electron chi connectivity index (χ1n) is 16.1. The number of pyridine rings is 1. The molecule has 0 saturated heterocycles. The Labute approximate surface area is 278 Å². The minimum absolute atomic E-state index is 0.330. The van der Waals surface area contributed by atoms with Crippen molar-refractivity contribution in [3.8, 4) is 34.5 Å². The number of benzene rings is 6. The molecule has 0 N–H and O–H groups in total. The number of hydrogen-bond acceptors (Lipinski definition) is 7. The van der Waals surface area contributed by atoms with Crippen LogP contribution in [0.5, 0.6) is 34.5 Å². The van der Waals surface area contributed by atoms with Crippen LogP contribution in [0.3, 0.4) is 0 Å². The summed E-state index contributed by atoms with van der Waals surface area (Å²) in [5.41, 5.74) is 1.66. The van der Waals surface area contributed by atoms with E-state index in [1.165, 1.54) is 0 Å². The number of ether oxygens (including phenoxy) is 6. The molecule has 0 radical (unpaired) electrons. The van der Waals surface area contributed by atoms with Crippen molar-refractivity contribution >= 4 is 32.3 Å². The fourth-order valence-corrected chi connectivity index (χ4v) is 5.84. The van der Waals surface area contributed by atoms with Gasteiger partial charge in [0.1, 0.15) is 13.2 Å². The maximum Gasteiger partial charge on any atom is 0.170 e. The second-order valence-electron chi connectivity index (χ2n) is 11.6. The van der Waals surface area contributed by atoms with Crippen LogP contribution in [0.15, 0.2) is 127 Å². The highest BCUT2D eigenvalue weighted by Gasteiger charge is 2.17. The maximum absolute atomic E-state index is 6.73. The molecule has 2 bridgehead atoms. The Morgan fingerprint density at radius 1 is 0.354 bits per heavy atom. The van der Waals surface area contributed by atoms with Gasteiger partial charge in [-0.3, -0.25) is 4.98 Å². The Bertz CT molecular complexity index is 2080. The van der Waals surface area contributed by atoms with Gasteiger partial charge in [0.05, 0.1) is 37.8 Å². The van der Waals surface area contributed by atoms with E-state index in [-0.39, 0.29) is 0 Å². The molecule has 2 heterocycles. The molecule has 7 aromatic rings. The minimum Gasteiger partial charge on any atom is -0.487 e. The first kappa shape index (κ1) is 29.8. The van der Waals surface area contributed by atoms with Gasteiger partial charge in [0.25, 0.3) is 0 Å². The molecule has 0 fully saturated rings. The normalized spacial score (nSPS) is 14.2. The summed E-state index contributed by atoms with van der Waals surface area (Å²) in [6.07, 6.45) is 0. The summed E-state index contributed by atoms with van der Waals surface area (Å²) in [6, 6.07) is 42.3. The van der Waals surface area contributed by atoms with Crippen LogP contribution in [0.4, 0.5) is 0 Å². The number of nitrogens with zero attached hydrogens (tertiary/aromatic N) is 1. The molecule has 0 atom stereocenters. The van der Waals surface area contributed by atoms with Crippen molar-refractivity contribution in [1.29, 1.82) is 0 Å². The zero-order chi connectivity index (χ0) is 32.1. The number of rotatable bonds is 0. The lowest BCUT2D eigenvalue weighted by Crippen LogP contribution is -2.09. The van der Waals surface area contributed by atoms with Gasteiger partial charge >= 0.3 is 0 Å². The molecule has 8 rings (SSSR count). The average Bonchev–Trinajstić information content (AvgIpc) is 3.11. The van der Waals surface area contributed by atoms with Crippen molar-refractivity contribution in [2.45, 2.75) is 13.2 Å². The SMILES string of the molecule is c1cc2nc(c1)COCCOc1cc3ccccc3cc1Oc1cc3ccccc3cc1Oc1cc3ccccc3cc1OCCOC2. The standard InChI is InChI=1S/C41H33NO6/c1-3-10-30-22-38-36(20-28(30)8-1)45-18-16-43-26-34-14-7-15-35(42-34)27-44-17-19-46-37-21-29-9-2-4-11-31(29)23-39(37)48-41-25-33-13-6-5-12-32(33)24-40(41)47-38/h1-15,20-25H,16-19,26-27H2. The van der Waals surface area contributed by atoms with Crippen LogP contribution in [0, 0.1) is 0 Å². The van der Waals surface area contributed by atoms with E-state index in [2.05, 4.69) is 36.4 Å².